The van der Waals surface area contributed by atoms with Gasteiger partial charge in [-0.25, -0.2) is 0 Å². The Morgan fingerprint density at radius 3 is 2.64 bits per heavy atom. The van der Waals surface area contributed by atoms with E-state index in [9.17, 15) is 0 Å². The molecule has 0 aliphatic carbocycles. The van der Waals surface area contributed by atoms with Crippen LogP contribution in [0.15, 0.2) is 24.4 Å². The van der Waals surface area contributed by atoms with Crippen LogP contribution in [0.2, 0.25) is 0 Å². The first-order chi connectivity index (χ1) is 13.1. The Hall–Kier alpha value is -2.02. The van der Waals surface area contributed by atoms with Crippen molar-refractivity contribution in [1.82, 2.24) is 14.9 Å². The molecule has 0 atom stereocenters. The molecule has 0 radical (unpaired) electrons. The third kappa shape index (κ3) is 5.07. The number of nitrogens with zero attached hydrogens (tertiary/aromatic N) is 2. The molecule has 3 rings (SSSR count). The van der Waals surface area contributed by atoms with E-state index in [0.717, 1.165) is 58.4 Å². The van der Waals surface area contributed by atoms with Crippen LogP contribution >= 0.6 is 12.4 Å². The number of methoxy groups -OCH3 is 1. The first-order valence-electron chi connectivity index (χ1n) is 9.46. The molecule has 154 valence electrons. The maximum atomic E-state index is 5.98. The number of rotatable bonds is 10. The lowest BCUT2D eigenvalue weighted by Crippen LogP contribution is -2.15. The molecule has 0 saturated heterocycles. The quantitative estimate of drug-likeness (QED) is 0.513. The van der Waals surface area contributed by atoms with E-state index in [-0.39, 0.29) is 12.4 Å². The predicted molar refractivity (Wildman–Crippen MR) is 116 cm³/mol. The molecule has 0 saturated carbocycles. The second-order valence-corrected chi connectivity index (χ2v) is 6.81. The van der Waals surface area contributed by atoms with Crippen LogP contribution in [0.4, 0.5) is 0 Å². The highest BCUT2D eigenvalue weighted by Gasteiger charge is 2.14. The van der Waals surface area contributed by atoms with Gasteiger partial charge in [0.05, 0.1) is 31.5 Å². The van der Waals surface area contributed by atoms with E-state index in [1.807, 2.05) is 31.3 Å². The molecule has 1 aromatic carbocycles. The summed E-state index contributed by atoms with van der Waals surface area (Å²) in [5.74, 6) is 1.51. The maximum absolute atomic E-state index is 5.98. The summed E-state index contributed by atoms with van der Waals surface area (Å²) in [7, 11) is 5.81. The Kier molecular flexibility index (Phi) is 8.35. The average Bonchev–Trinajstić information content (AvgIpc) is 3.02. The molecule has 0 fully saturated rings. The van der Waals surface area contributed by atoms with Gasteiger partial charge in [-0.05, 0) is 39.6 Å². The number of benzene rings is 1. The van der Waals surface area contributed by atoms with E-state index >= 15 is 0 Å². The van der Waals surface area contributed by atoms with Crippen LogP contribution in [-0.2, 0) is 11.2 Å². The first kappa shape index (κ1) is 22.3. The number of fused-ring (bicyclic) bond motifs is 3. The van der Waals surface area contributed by atoms with Crippen LogP contribution in [0.1, 0.15) is 19.0 Å². The number of aromatic nitrogens is 2. The van der Waals surface area contributed by atoms with Gasteiger partial charge in [-0.2, -0.15) is 0 Å². The highest BCUT2D eigenvalue weighted by Crippen LogP contribution is 2.36. The van der Waals surface area contributed by atoms with E-state index in [1.165, 1.54) is 0 Å². The number of aromatic amines is 1. The number of halogens is 1. The topological polar surface area (TPSA) is 59.6 Å². The van der Waals surface area contributed by atoms with Gasteiger partial charge in [0.1, 0.15) is 0 Å². The van der Waals surface area contributed by atoms with Crippen molar-refractivity contribution in [1.29, 1.82) is 0 Å². The number of pyridine rings is 1. The molecule has 7 heteroatoms. The minimum absolute atomic E-state index is 0. The minimum Gasteiger partial charge on any atom is -0.493 e. The number of hydrogen-bond donors (Lipinski definition) is 1. The van der Waals surface area contributed by atoms with Gasteiger partial charge in [0, 0.05) is 48.1 Å². The molecule has 0 spiro atoms. The monoisotopic (exact) mass is 407 g/mol. The van der Waals surface area contributed by atoms with Crippen molar-refractivity contribution in [2.24, 2.45) is 0 Å². The van der Waals surface area contributed by atoms with Gasteiger partial charge in [-0.3, -0.25) is 4.98 Å². The van der Waals surface area contributed by atoms with Gasteiger partial charge in [-0.1, -0.05) is 0 Å². The summed E-state index contributed by atoms with van der Waals surface area (Å²) in [5, 5.41) is 2.23. The molecule has 0 unspecified atom stereocenters. The molecule has 6 nitrogen and oxygen atoms in total. The Bertz CT molecular complexity index is 895. The van der Waals surface area contributed by atoms with Gasteiger partial charge >= 0.3 is 0 Å². The van der Waals surface area contributed by atoms with Crippen molar-refractivity contribution >= 4 is 34.2 Å². The highest BCUT2D eigenvalue weighted by atomic mass is 35.5. The fraction of sp³-hybridized carbons (Fsp3) is 0.476. The van der Waals surface area contributed by atoms with E-state index < -0.39 is 0 Å². The average molecular weight is 408 g/mol. The molecular weight excluding hydrogens is 378 g/mol. The summed E-state index contributed by atoms with van der Waals surface area (Å²) < 4.78 is 17.1. The Morgan fingerprint density at radius 2 is 1.93 bits per heavy atom. The number of hydrogen-bond acceptors (Lipinski definition) is 5. The predicted octanol–water partition coefficient (Wildman–Crippen LogP) is 4.06. The molecule has 0 bridgehead atoms. The van der Waals surface area contributed by atoms with Gasteiger partial charge in [0.25, 0.3) is 0 Å². The first-order valence-corrected chi connectivity index (χ1v) is 9.46. The largest absolute Gasteiger partial charge is 0.493 e. The van der Waals surface area contributed by atoms with Crippen LogP contribution < -0.4 is 9.47 Å². The molecule has 28 heavy (non-hydrogen) atoms. The summed E-state index contributed by atoms with van der Waals surface area (Å²) >= 11 is 0. The van der Waals surface area contributed by atoms with Crippen LogP contribution in [0.3, 0.4) is 0 Å². The zero-order valence-electron chi connectivity index (χ0n) is 17.1. The number of ether oxygens (including phenoxy) is 3. The van der Waals surface area contributed by atoms with E-state index in [2.05, 4.69) is 29.0 Å². The van der Waals surface area contributed by atoms with Gasteiger partial charge in [-0.15, -0.1) is 12.4 Å². The lowest BCUT2D eigenvalue weighted by Gasteiger charge is -2.13. The second kappa shape index (κ2) is 10.5. The van der Waals surface area contributed by atoms with Crippen LogP contribution in [0.25, 0.3) is 21.8 Å². The van der Waals surface area contributed by atoms with Crippen molar-refractivity contribution < 1.29 is 14.2 Å². The summed E-state index contributed by atoms with van der Waals surface area (Å²) in [4.78, 5) is 10.2. The number of H-pyrrole nitrogens is 1. The van der Waals surface area contributed by atoms with Crippen molar-refractivity contribution in [3.8, 4) is 11.5 Å². The van der Waals surface area contributed by atoms with Gasteiger partial charge < -0.3 is 24.1 Å². The molecule has 2 heterocycles. The Labute approximate surface area is 172 Å². The fourth-order valence-corrected chi connectivity index (χ4v) is 3.26. The zero-order valence-corrected chi connectivity index (χ0v) is 17.9. The molecule has 1 N–H and O–H groups in total. The Balaban J connectivity index is 0.00000280. The molecule has 3 aromatic rings. The third-order valence-electron chi connectivity index (χ3n) is 4.57. The molecule has 0 aliphatic rings. The van der Waals surface area contributed by atoms with Crippen LogP contribution in [-0.4, -0.2) is 62.4 Å². The minimum atomic E-state index is 0. The summed E-state index contributed by atoms with van der Waals surface area (Å²) in [6.07, 6.45) is 3.59. The van der Waals surface area contributed by atoms with Gasteiger partial charge in [0.2, 0.25) is 0 Å². The number of nitrogens with one attached hydrogen (secondary N) is 1. The maximum Gasteiger partial charge on any atom is 0.163 e. The Morgan fingerprint density at radius 1 is 1.11 bits per heavy atom. The zero-order chi connectivity index (χ0) is 19.2. The van der Waals surface area contributed by atoms with Crippen molar-refractivity contribution in [3.05, 3.63) is 30.1 Å². The molecule has 0 amide bonds. The lowest BCUT2D eigenvalue weighted by atomic mass is 10.1. The standard InChI is InChI=1S/C21H29N3O3.ClH/c1-5-26-12-8-16-21-15-13-19(25-4)20(27-11-6-10-24(2)3)14-18(15)23-17(21)7-9-22-16;/h7,9,13-14,23H,5-6,8,10-12H2,1-4H3;1H. The smallest absolute Gasteiger partial charge is 0.163 e. The van der Waals surface area contributed by atoms with Crippen molar-refractivity contribution in [3.63, 3.8) is 0 Å². The van der Waals surface area contributed by atoms with E-state index in [1.54, 1.807) is 7.11 Å². The lowest BCUT2D eigenvalue weighted by molar-refractivity contribution is 0.150. The molecule has 2 aromatic heterocycles. The van der Waals surface area contributed by atoms with Gasteiger partial charge in [0.15, 0.2) is 11.5 Å². The molecule has 0 aliphatic heterocycles. The SMILES string of the molecule is CCOCCc1nccc2[nH]c3cc(OCCCN(C)C)c(OC)cc3c12.Cl. The van der Waals surface area contributed by atoms with Crippen LogP contribution in [0.5, 0.6) is 11.5 Å². The summed E-state index contributed by atoms with van der Waals surface area (Å²) in [5.41, 5.74) is 3.13. The van der Waals surface area contributed by atoms with Crippen molar-refractivity contribution in [2.75, 3.05) is 47.6 Å². The van der Waals surface area contributed by atoms with E-state index in [0.29, 0.717) is 19.8 Å². The summed E-state index contributed by atoms with van der Waals surface area (Å²) in [6.45, 7) is 5.03. The van der Waals surface area contributed by atoms with E-state index in [4.69, 9.17) is 14.2 Å². The highest BCUT2D eigenvalue weighted by molar-refractivity contribution is 6.09. The summed E-state index contributed by atoms with van der Waals surface area (Å²) in [6, 6.07) is 6.07. The normalized spacial score (nSPS) is 11.2. The molecular formula is C21H30ClN3O3. The van der Waals surface area contributed by atoms with Crippen molar-refractivity contribution in [2.45, 2.75) is 19.8 Å². The fourth-order valence-electron chi connectivity index (χ4n) is 3.26. The third-order valence-corrected chi connectivity index (χ3v) is 4.57. The second-order valence-electron chi connectivity index (χ2n) is 6.81. The van der Waals surface area contributed by atoms with Crippen LogP contribution in [0, 0.1) is 0 Å².